The minimum atomic E-state index is -0.0423. The lowest BCUT2D eigenvalue weighted by atomic mass is 10.1. The lowest BCUT2D eigenvalue weighted by Crippen LogP contribution is -2.35. The highest BCUT2D eigenvalue weighted by Gasteiger charge is 2.23. The normalized spacial score (nSPS) is 13.9. The smallest absolute Gasteiger partial charge is 0.255 e. The number of anilines is 2. The molecule has 0 bridgehead atoms. The Morgan fingerprint density at radius 1 is 1.00 bits per heavy atom. The lowest BCUT2D eigenvalue weighted by Gasteiger charge is -2.25. The van der Waals surface area contributed by atoms with Gasteiger partial charge in [-0.05, 0) is 60.8 Å². The molecule has 4 aromatic rings. The second-order valence-electron chi connectivity index (χ2n) is 8.53. The Labute approximate surface area is 220 Å². The van der Waals surface area contributed by atoms with Gasteiger partial charge in [0, 0.05) is 43.4 Å². The summed E-state index contributed by atoms with van der Waals surface area (Å²) < 4.78 is 8.86. The second kappa shape index (κ2) is 11.1. The number of hydrogen-bond donors (Lipinski definition) is 1. The molecule has 8 heteroatoms. The molecule has 1 aliphatic rings. The molecule has 0 aliphatic carbocycles. The maximum atomic E-state index is 13.3. The summed E-state index contributed by atoms with van der Waals surface area (Å²) in [7, 11) is 1.68. The Morgan fingerprint density at radius 3 is 2.72 bits per heavy atom. The molecule has 184 valence electrons. The maximum Gasteiger partial charge on any atom is 0.255 e. The van der Waals surface area contributed by atoms with E-state index in [4.69, 9.17) is 16.3 Å². The fraction of sp³-hybridized carbons (Fsp3) is 0.214. The summed E-state index contributed by atoms with van der Waals surface area (Å²) >= 11 is 8.06. The van der Waals surface area contributed by atoms with E-state index in [0.29, 0.717) is 23.7 Å². The first kappa shape index (κ1) is 24.3. The van der Waals surface area contributed by atoms with Gasteiger partial charge in [0.2, 0.25) is 0 Å². The van der Waals surface area contributed by atoms with Crippen LogP contribution in [0.4, 0.5) is 11.4 Å². The van der Waals surface area contributed by atoms with Gasteiger partial charge in [-0.15, -0.1) is 0 Å². The number of benzene rings is 3. The Morgan fingerprint density at radius 2 is 1.86 bits per heavy atom. The average molecular weight is 519 g/mol. The largest absolute Gasteiger partial charge is 0.495 e. The van der Waals surface area contributed by atoms with Crippen molar-refractivity contribution < 1.29 is 9.53 Å². The zero-order valence-corrected chi connectivity index (χ0v) is 21.6. The molecule has 1 N–H and O–H groups in total. The van der Waals surface area contributed by atoms with E-state index in [9.17, 15) is 4.79 Å². The highest BCUT2D eigenvalue weighted by Crippen LogP contribution is 2.31. The van der Waals surface area contributed by atoms with Crippen molar-refractivity contribution in [1.82, 2.24) is 9.88 Å². The predicted octanol–water partition coefficient (Wildman–Crippen LogP) is 6.37. The molecule has 0 spiro atoms. The standard InChI is InChI=1S/C28H27ClN4O2S/c1-35-25-10-3-2-9-24(25)32-15-6-16-33(18-17-32)28(34)22-13-12-21(19-23(22)29)31-36-26-11-4-7-20-8-5-14-30-27(20)26/h2-5,7-14,19,31H,6,15-18H2,1H3. The minimum Gasteiger partial charge on any atom is -0.495 e. The van der Waals surface area contributed by atoms with E-state index in [-0.39, 0.29) is 5.91 Å². The number of aromatic nitrogens is 1. The van der Waals surface area contributed by atoms with Crippen molar-refractivity contribution in [2.45, 2.75) is 11.3 Å². The molecule has 1 aromatic heterocycles. The van der Waals surface area contributed by atoms with E-state index >= 15 is 0 Å². The third kappa shape index (κ3) is 5.22. The molecule has 0 saturated carbocycles. The number of nitrogens with zero attached hydrogens (tertiary/aromatic N) is 3. The Kier molecular flexibility index (Phi) is 7.49. The molecule has 36 heavy (non-hydrogen) atoms. The first-order chi connectivity index (χ1) is 17.6. The van der Waals surface area contributed by atoms with Gasteiger partial charge in [-0.2, -0.15) is 0 Å². The minimum absolute atomic E-state index is 0.0423. The van der Waals surface area contributed by atoms with Crippen LogP contribution in [0.5, 0.6) is 5.75 Å². The van der Waals surface area contributed by atoms with Gasteiger partial charge in [-0.3, -0.25) is 9.78 Å². The van der Waals surface area contributed by atoms with Crippen LogP contribution in [0.1, 0.15) is 16.8 Å². The number of carbonyl (C=O) groups excluding carboxylic acids is 1. The molecule has 0 unspecified atom stereocenters. The number of methoxy groups -OCH3 is 1. The van der Waals surface area contributed by atoms with Crippen LogP contribution in [0.25, 0.3) is 10.9 Å². The highest BCUT2D eigenvalue weighted by atomic mass is 35.5. The van der Waals surface area contributed by atoms with E-state index in [1.54, 1.807) is 25.4 Å². The third-order valence-corrected chi connectivity index (χ3v) is 7.48. The molecule has 3 aromatic carbocycles. The summed E-state index contributed by atoms with van der Waals surface area (Å²) in [5, 5.41) is 1.53. The Balaban J connectivity index is 1.25. The summed E-state index contributed by atoms with van der Waals surface area (Å²) in [5.41, 5.74) is 3.35. The summed E-state index contributed by atoms with van der Waals surface area (Å²) in [6.45, 7) is 2.90. The SMILES string of the molecule is COc1ccccc1N1CCCN(C(=O)c2ccc(NSc3cccc4cccnc34)cc2Cl)CC1. The Bertz CT molecular complexity index is 1380. The number of ether oxygens (including phenoxy) is 1. The number of carbonyl (C=O) groups is 1. The van der Waals surface area contributed by atoms with E-state index in [1.165, 1.54) is 11.9 Å². The molecular formula is C28H27ClN4O2S. The van der Waals surface area contributed by atoms with Crippen LogP contribution in [0.2, 0.25) is 5.02 Å². The van der Waals surface area contributed by atoms with Crippen molar-refractivity contribution in [3.05, 3.63) is 89.6 Å². The summed E-state index contributed by atoms with van der Waals surface area (Å²) in [6, 6.07) is 23.6. The lowest BCUT2D eigenvalue weighted by molar-refractivity contribution is 0.0767. The fourth-order valence-electron chi connectivity index (χ4n) is 4.45. The van der Waals surface area contributed by atoms with Gasteiger partial charge in [0.1, 0.15) is 5.75 Å². The molecule has 0 atom stereocenters. The highest BCUT2D eigenvalue weighted by molar-refractivity contribution is 8.00. The first-order valence-corrected chi connectivity index (χ1v) is 13.1. The topological polar surface area (TPSA) is 57.7 Å². The van der Waals surface area contributed by atoms with Crippen LogP contribution >= 0.6 is 23.5 Å². The van der Waals surface area contributed by atoms with Crippen LogP contribution in [0, 0.1) is 0 Å². The molecule has 2 heterocycles. The number of fused-ring (bicyclic) bond motifs is 1. The summed E-state index contributed by atoms with van der Waals surface area (Å²) in [5.74, 6) is 0.805. The van der Waals surface area contributed by atoms with Crippen molar-refractivity contribution in [3.8, 4) is 5.75 Å². The van der Waals surface area contributed by atoms with Gasteiger partial charge < -0.3 is 19.3 Å². The van der Waals surface area contributed by atoms with Gasteiger partial charge in [0.15, 0.2) is 0 Å². The van der Waals surface area contributed by atoms with E-state index < -0.39 is 0 Å². The number of amides is 1. The number of halogens is 1. The number of para-hydroxylation sites is 3. The number of pyridine rings is 1. The quantitative estimate of drug-likeness (QED) is 0.299. The van der Waals surface area contributed by atoms with E-state index in [2.05, 4.69) is 20.7 Å². The van der Waals surface area contributed by atoms with Crippen LogP contribution in [0.15, 0.2) is 83.9 Å². The Hall–Kier alpha value is -3.42. The third-order valence-electron chi connectivity index (χ3n) is 6.28. The molecule has 5 rings (SSSR count). The van der Waals surface area contributed by atoms with Crippen LogP contribution < -0.4 is 14.4 Å². The molecule has 1 amide bonds. The molecule has 1 fully saturated rings. The molecule has 6 nitrogen and oxygen atoms in total. The van der Waals surface area contributed by atoms with Gasteiger partial charge in [-0.1, -0.05) is 41.9 Å². The fourth-order valence-corrected chi connectivity index (χ4v) is 5.48. The number of rotatable bonds is 6. The van der Waals surface area contributed by atoms with Crippen LogP contribution in [0.3, 0.4) is 0 Å². The summed E-state index contributed by atoms with van der Waals surface area (Å²) in [6.07, 6.45) is 2.67. The second-order valence-corrected chi connectivity index (χ2v) is 9.79. The average Bonchev–Trinajstić information content (AvgIpc) is 3.18. The molecule has 1 aliphatic heterocycles. The molecule has 1 saturated heterocycles. The maximum absolute atomic E-state index is 13.3. The van der Waals surface area contributed by atoms with Crippen molar-refractivity contribution >= 4 is 51.7 Å². The van der Waals surface area contributed by atoms with Gasteiger partial charge in [0.05, 0.1) is 33.8 Å². The van der Waals surface area contributed by atoms with E-state index in [1.807, 2.05) is 59.5 Å². The van der Waals surface area contributed by atoms with Gasteiger partial charge in [0.25, 0.3) is 5.91 Å². The number of nitrogens with one attached hydrogen (secondary N) is 1. The van der Waals surface area contributed by atoms with Crippen LogP contribution in [-0.4, -0.2) is 49.1 Å². The predicted molar refractivity (Wildman–Crippen MR) is 148 cm³/mol. The van der Waals surface area contributed by atoms with Crippen molar-refractivity contribution in [1.29, 1.82) is 0 Å². The number of hydrogen-bond acceptors (Lipinski definition) is 6. The van der Waals surface area contributed by atoms with E-state index in [0.717, 1.165) is 52.4 Å². The zero-order chi connectivity index (χ0) is 24.9. The van der Waals surface area contributed by atoms with Crippen molar-refractivity contribution in [3.63, 3.8) is 0 Å². The first-order valence-electron chi connectivity index (χ1n) is 11.9. The summed E-state index contributed by atoms with van der Waals surface area (Å²) in [4.78, 5) is 23.0. The van der Waals surface area contributed by atoms with Crippen molar-refractivity contribution in [2.24, 2.45) is 0 Å². The monoisotopic (exact) mass is 518 g/mol. The molecule has 0 radical (unpaired) electrons. The van der Waals surface area contributed by atoms with Gasteiger partial charge in [-0.25, -0.2) is 0 Å². The zero-order valence-electron chi connectivity index (χ0n) is 20.0. The van der Waals surface area contributed by atoms with Crippen LogP contribution in [-0.2, 0) is 0 Å². The van der Waals surface area contributed by atoms with Gasteiger partial charge >= 0.3 is 0 Å². The molecular weight excluding hydrogens is 492 g/mol. The van der Waals surface area contributed by atoms with Crippen molar-refractivity contribution in [2.75, 3.05) is 42.9 Å².